The van der Waals surface area contributed by atoms with Gasteiger partial charge in [0.15, 0.2) is 0 Å². The Hall–Kier alpha value is -1.51. The Kier molecular flexibility index (Phi) is 5.40. The fraction of sp³-hybridized carbons (Fsp3) is 0.562. The summed E-state index contributed by atoms with van der Waals surface area (Å²) < 4.78 is 5.39. The number of carbonyl (C=O) groups is 1. The van der Waals surface area contributed by atoms with Crippen LogP contribution in [-0.2, 0) is 0 Å². The summed E-state index contributed by atoms with van der Waals surface area (Å²) in [7, 11) is 1.67. The molecule has 0 bridgehead atoms. The van der Waals surface area contributed by atoms with E-state index in [4.69, 9.17) is 4.74 Å². The second-order valence-electron chi connectivity index (χ2n) is 5.35. The van der Waals surface area contributed by atoms with Gasteiger partial charge < -0.3 is 10.1 Å². The quantitative estimate of drug-likeness (QED) is 0.880. The molecule has 0 aliphatic carbocycles. The molecule has 1 aromatic carbocycles. The predicted octanol–water partition coefficient (Wildman–Crippen LogP) is 3.66. The first kappa shape index (κ1) is 15.5. The van der Waals surface area contributed by atoms with E-state index in [1.807, 2.05) is 26.0 Å². The molecular weight excluding hydrogens is 238 g/mol. The van der Waals surface area contributed by atoms with Crippen molar-refractivity contribution < 1.29 is 9.53 Å². The molecule has 0 radical (unpaired) electrons. The molecule has 0 heterocycles. The lowest BCUT2D eigenvalue weighted by atomic mass is 9.96. The molecule has 0 spiro atoms. The summed E-state index contributed by atoms with van der Waals surface area (Å²) in [5.41, 5.74) is 2.76. The van der Waals surface area contributed by atoms with Crippen molar-refractivity contribution in [3.05, 3.63) is 28.8 Å². The van der Waals surface area contributed by atoms with E-state index in [9.17, 15) is 4.79 Å². The SMILES string of the molecule is CC[C@H](C)NC(=O)c1cc(C(C)C)c(OC)cc1C. The van der Waals surface area contributed by atoms with Gasteiger partial charge in [-0.05, 0) is 49.4 Å². The van der Waals surface area contributed by atoms with E-state index in [0.29, 0.717) is 5.92 Å². The third-order valence-electron chi connectivity index (χ3n) is 3.43. The summed E-state index contributed by atoms with van der Waals surface area (Å²) in [4.78, 5) is 12.3. The molecule has 0 saturated heterocycles. The first-order valence-corrected chi connectivity index (χ1v) is 6.90. The van der Waals surface area contributed by atoms with Crippen LogP contribution in [0.15, 0.2) is 12.1 Å². The van der Waals surface area contributed by atoms with Crippen molar-refractivity contribution in [2.45, 2.75) is 53.0 Å². The van der Waals surface area contributed by atoms with E-state index in [1.165, 1.54) is 0 Å². The van der Waals surface area contributed by atoms with Crippen molar-refractivity contribution in [1.29, 1.82) is 0 Å². The Labute approximate surface area is 116 Å². The molecule has 0 fully saturated rings. The topological polar surface area (TPSA) is 38.3 Å². The van der Waals surface area contributed by atoms with E-state index < -0.39 is 0 Å². The van der Waals surface area contributed by atoms with Crippen LogP contribution in [0, 0.1) is 6.92 Å². The fourth-order valence-electron chi connectivity index (χ4n) is 1.97. The van der Waals surface area contributed by atoms with Crippen LogP contribution >= 0.6 is 0 Å². The van der Waals surface area contributed by atoms with E-state index in [1.54, 1.807) is 7.11 Å². The first-order valence-electron chi connectivity index (χ1n) is 6.90. The van der Waals surface area contributed by atoms with Crippen molar-refractivity contribution >= 4 is 5.91 Å². The molecule has 1 amide bonds. The highest BCUT2D eigenvalue weighted by atomic mass is 16.5. The second kappa shape index (κ2) is 6.60. The third-order valence-corrected chi connectivity index (χ3v) is 3.43. The summed E-state index contributed by atoms with van der Waals surface area (Å²) >= 11 is 0. The number of hydrogen-bond acceptors (Lipinski definition) is 2. The minimum Gasteiger partial charge on any atom is -0.496 e. The van der Waals surface area contributed by atoms with Crippen LogP contribution in [0.25, 0.3) is 0 Å². The summed E-state index contributed by atoms with van der Waals surface area (Å²) in [5, 5.41) is 3.01. The number of benzene rings is 1. The number of carbonyl (C=O) groups excluding carboxylic acids is 1. The lowest BCUT2D eigenvalue weighted by Crippen LogP contribution is -2.32. The van der Waals surface area contributed by atoms with Gasteiger partial charge in [-0.2, -0.15) is 0 Å². The second-order valence-corrected chi connectivity index (χ2v) is 5.35. The maximum Gasteiger partial charge on any atom is 0.251 e. The Morgan fingerprint density at radius 1 is 1.32 bits per heavy atom. The number of nitrogens with one attached hydrogen (secondary N) is 1. The molecule has 1 atom stereocenters. The molecule has 0 aliphatic rings. The van der Waals surface area contributed by atoms with Gasteiger partial charge in [-0.15, -0.1) is 0 Å². The zero-order valence-corrected chi connectivity index (χ0v) is 12.8. The maximum absolute atomic E-state index is 12.3. The van der Waals surface area contributed by atoms with Gasteiger partial charge in [0.25, 0.3) is 5.91 Å². The highest BCUT2D eigenvalue weighted by molar-refractivity contribution is 5.96. The summed E-state index contributed by atoms with van der Waals surface area (Å²) in [6.07, 6.45) is 0.929. The molecule has 0 aromatic heterocycles. The smallest absolute Gasteiger partial charge is 0.251 e. The fourth-order valence-corrected chi connectivity index (χ4v) is 1.97. The van der Waals surface area contributed by atoms with E-state index in [2.05, 4.69) is 26.1 Å². The minimum absolute atomic E-state index is 0.00333. The normalized spacial score (nSPS) is 12.4. The monoisotopic (exact) mass is 263 g/mol. The number of ether oxygens (including phenoxy) is 1. The maximum atomic E-state index is 12.3. The molecule has 3 nitrogen and oxygen atoms in total. The van der Waals surface area contributed by atoms with Crippen molar-refractivity contribution in [3.8, 4) is 5.75 Å². The molecule has 3 heteroatoms. The standard InChI is InChI=1S/C16H25NO2/c1-7-12(5)17-16(18)14-9-13(10(2)3)15(19-6)8-11(14)4/h8-10,12H,7H2,1-6H3,(H,17,18)/t12-/m0/s1. The van der Waals surface area contributed by atoms with E-state index in [0.717, 1.165) is 28.9 Å². The van der Waals surface area contributed by atoms with Crippen molar-refractivity contribution in [3.63, 3.8) is 0 Å². The van der Waals surface area contributed by atoms with Gasteiger partial charge in [0, 0.05) is 11.6 Å². The molecular formula is C16H25NO2. The lowest BCUT2D eigenvalue weighted by Gasteiger charge is -2.17. The van der Waals surface area contributed by atoms with Crippen molar-refractivity contribution in [1.82, 2.24) is 5.32 Å². The highest BCUT2D eigenvalue weighted by Gasteiger charge is 2.16. The Morgan fingerprint density at radius 2 is 1.95 bits per heavy atom. The summed E-state index contributed by atoms with van der Waals surface area (Å²) in [6.45, 7) is 10.2. The van der Waals surface area contributed by atoms with Gasteiger partial charge in [-0.1, -0.05) is 20.8 Å². The third kappa shape index (κ3) is 3.72. The van der Waals surface area contributed by atoms with Gasteiger partial charge >= 0.3 is 0 Å². The van der Waals surface area contributed by atoms with Crippen LogP contribution in [-0.4, -0.2) is 19.1 Å². The van der Waals surface area contributed by atoms with E-state index in [-0.39, 0.29) is 11.9 Å². The molecule has 0 unspecified atom stereocenters. The Balaban J connectivity index is 3.14. The Bertz CT molecular complexity index is 452. The number of aryl methyl sites for hydroxylation is 1. The molecule has 106 valence electrons. The molecule has 1 N–H and O–H groups in total. The molecule has 1 rings (SSSR count). The average molecular weight is 263 g/mol. The number of hydrogen-bond donors (Lipinski definition) is 1. The van der Waals surface area contributed by atoms with Gasteiger partial charge in [0.2, 0.25) is 0 Å². The molecule has 0 saturated carbocycles. The lowest BCUT2D eigenvalue weighted by molar-refractivity contribution is 0.0938. The summed E-state index contributed by atoms with van der Waals surface area (Å²) in [6, 6.07) is 4.09. The van der Waals surface area contributed by atoms with Crippen molar-refractivity contribution in [2.75, 3.05) is 7.11 Å². The van der Waals surface area contributed by atoms with Crippen molar-refractivity contribution in [2.24, 2.45) is 0 Å². The van der Waals surface area contributed by atoms with Crippen LogP contribution in [0.5, 0.6) is 5.75 Å². The van der Waals surface area contributed by atoms with Crippen LogP contribution in [0.3, 0.4) is 0 Å². The zero-order chi connectivity index (χ0) is 14.6. The minimum atomic E-state index is -0.00333. The molecule has 0 aliphatic heterocycles. The van der Waals surface area contributed by atoms with Gasteiger partial charge in [0.05, 0.1) is 7.11 Å². The molecule has 1 aromatic rings. The predicted molar refractivity (Wildman–Crippen MR) is 79.0 cm³/mol. The molecule has 19 heavy (non-hydrogen) atoms. The largest absolute Gasteiger partial charge is 0.496 e. The highest BCUT2D eigenvalue weighted by Crippen LogP contribution is 2.29. The van der Waals surface area contributed by atoms with Crippen LogP contribution in [0.2, 0.25) is 0 Å². The van der Waals surface area contributed by atoms with E-state index >= 15 is 0 Å². The van der Waals surface area contributed by atoms with Gasteiger partial charge in [-0.3, -0.25) is 4.79 Å². The zero-order valence-electron chi connectivity index (χ0n) is 12.8. The van der Waals surface area contributed by atoms with Crippen LogP contribution in [0.4, 0.5) is 0 Å². The Morgan fingerprint density at radius 3 is 2.42 bits per heavy atom. The van der Waals surface area contributed by atoms with Gasteiger partial charge in [0.1, 0.15) is 5.75 Å². The average Bonchev–Trinajstić information content (AvgIpc) is 2.37. The first-order chi connectivity index (χ1) is 8.90. The van der Waals surface area contributed by atoms with Gasteiger partial charge in [-0.25, -0.2) is 0 Å². The number of methoxy groups -OCH3 is 1. The van der Waals surface area contributed by atoms with Crippen LogP contribution in [0.1, 0.15) is 61.5 Å². The summed E-state index contributed by atoms with van der Waals surface area (Å²) in [5.74, 6) is 1.18. The van der Waals surface area contributed by atoms with Crippen LogP contribution < -0.4 is 10.1 Å². The number of amides is 1. The number of rotatable bonds is 5.